The van der Waals surface area contributed by atoms with Crippen LogP contribution in [-0.4, -0.2) is 28.8 Å². The zero-order valence-electron chi connectivity index (χ0n) is 9.89. The van der Waals surface area contributed by atoms with Crippen molar-refractivity contribution in [3.05, 3.63) is 29.3 Å². The van der Waals surface area contributed by atoms with Crippen molar-refractivity contribution >= 4 is 11.7 Å². The molecule has 0 spiro atoms. The number of fused-ring (bicyclic) bond motifs is 1. The SMILES string of the molecule is CC[C@H](C(=O)O)N1CCc2c(CO)cccc21. The molecule has 4 nitrogen and oxygen atoms in total. The average molecular weight is 235 g/mol. The molecule has 0 fully saturated rings. The molecule has 0 aromatic heterocycles. The summed E-state index contributed by atoms with van der Waals surface area (Å²) in [6.07, 6.45) is 1.40. The largest absolute Gasteiger partial charge is 0.480 e. The summed E-state index contributed by atoms with van der Waals surface area (Å²) in [5.74, 6) is -0.783. The maximum absolute atomic E-state index is 11.2. The van der Waals surface area contributed by atoms with E-state index in [4.69, 9.17) is 0 Å². The van der Waals surface area contributed by atoms with Gasteiger partial charge in [-0.25, -0.2) is 4.79 Å². The van der Waals surface area contributed by atoms with Crippen molar-refractivity contribution < 1.29 is 15.0 Å². The number of benzene rings is 1. The molecule has 0 radical (unpaired) electrons. The van der Waals surface area contributed by atoms with Gasteiger partial charge in [0.05, 0.1) is 6.61 Å². The van der Waals surface area contributed by atoms with Gasteiger partial charge < -0.3 is 15.1 Å². The Hall–Kier alpha value is -1.55. The lowest BCUT2D eigenvalue weighted by Crippen LogP contribution is -2.39. The van der Waals surface area contributed by atoms with Crippen molar-refractivity contribution in [1.29, 1.82) is 0 Å². The van der Waals surface area contributed by atoms with E-state index in [9.17, 15) is 15.0 Å². The average Bonchev–Trinajstić information content (AvgIpc) is 2.73. The van der Waals surface area contributed by atoms with E-state index in [1.807, 2.05) is 30.0 Å². The van der Waals surface area contributed by atoms with Crippen LogP contribution in [0.4, 0.5) is 5.69 Å². The number of carboxylic acids is 1. The molecule has 1 aromatic carbocycles. The molecule has 2 N–H and O–H groups in total. The molecule has 1 atom stereocenters. The lowest BCUT2D eigenvalue weighted by Gasteiger charge is -2.26. The van der Waals surface area contributed by atoms with Crippen molar-refractivity contribution in [1.82, 2.24) is 0 Å². The third kappa shape index (κ3) is 2.00. The van der Waals surface area contributed by atoms with Gasteiger partial charge in [0.2, 0.25) is 0 Å². The molecule has 92 valence electrons. The van der Waals surface area contributed by atoms with Crippen molar-refractivity contribution in [2.24, 2.45) is 0 Å². The monoisotopic (exact) mass is 235 g/mol. The minimum atomic E-state index is -0.783. The van der Waals surface area contributed by atoms with E-state index in [1.165, 1.54) is 0 Å². The van der Waals surface area contributed by atoms with E-state index >= 15 is 0 Å². The molecule has 1 aliphatic rings. The molecule has 1 aliphatic heterocycles. The second-order valence-corrected chi connectivity index (χ2v) is 4.28. The van der Waals surface area contributed by atoms with Gasteiger partial charge in [0.25, 0.3) is 0 Å². The van der Waals surface area contributed by atoms with E-state index in [0.717, 1.165) is 29.8 Å². The van der Waals surface area contributed by atoms with Crippen molar-refractivity contribution in [2.75, 3.05) is 11.4 Å². The van der Waals surface area contributed by atoms with Crippen LogP contribution in [0.2, 0.25) is 0 Å². The summed E-state index contributed by atoms with van der Waals surface area (Å²) >= 11 is 0. The Balaban J connectivity index is 2.36. The quantitative estimate of drug-likeness (QED) is 0.828. The predicted molar refractivity (Wildman–Crippen MR) is 65.1 cm³/mol. The first-order valence-corrected chi connectivity index (χ1v) is 5.90. The smallest absolute Gasteiger partial charge is 0.326 e. The molecule has 17 heavy (non-hydrogen) atoms. The third-order valence-corrected chi connectivity index (χ3v) is 3.38. The first-order valence-electron chi connectivity index (χ1n) is 5.90. The predicted octanol–water partition coefficient (Wildman–Crippen LogP) is 1.40. The number of nitrogens with zero attached hydrogens (tertiary/aromatic N) is 1. The molecule has 1 heterocycles. The van der Waals surface area contributed by atoms with Crippen molar-refractivity contribution in [2.45, 2.75) is 32.4 Å². The number of aliphatic carboxylic acids is 1. The second kappa shape index (κ2) is 4.75. The maximum Gasteiger partial charge on any atom is 0.326 e. The van der Waals surface area contributed by atoms with Crippen LogP contribution in [0.15, 0.2) is 18.2 Å². The zero-order chi connectivity index (χ0) is 12.4. The van der Waals surface area contributed by atoms with Crippen LogP contribution in [0.25, 0.3) is 0 Å². The number of carboxylic acid groups (broad SMARTS) is 1. The molecule has 0 saturated carbocycles. The Morgan fingerprint density at radius 3 is 2.88 bits per heavy atom. The number of hydrogen-bond donors (Lipinski definition) is 2. The van der Waals surface area contributed by atoms with Gasteiger partial charge >= 0.3 is 5.97 Å². The van der Waals surface area contributed by atoms with Crippen LogP contribution in [0, 0.1) is 0 Å². The van der Waals surface area contributed by atoms with Crippen LogP contribution < -0.4 is 4.90 Å². The standard InChI is InChI=1S/C13H17NO3/c1-2-11(13(16)17)14-7-6-10-9(8-15)4-3-5-12(10)14/h3-5,11,15H,2,6-8H2,1H3,(H,16,17)/t11-/m1/s1. The number of aliphatic hydroxyl groups is 1. The summed E-state index contributed by atoms with van der Waals surface area (Å²) in [6.45, 7) is 2.62. The first kappa shape index (κ1) is 11.9. The fourth-order valence-corrected chi connectivity index (χ4v) is 2.53. The fourth-order valence-electron chi connectivity index (χ4n) is 2.53. The minimum absolute atomic E-state index is 0.0148. The maximum atomic E-state index is 11.2. The highest BCUT2D eigenvalue weighted by Gasteiger charge is 2.30. The van der Waals surface area contributed by atoms with E-state index in [2.05, 4.69) is 0 Å². The van der Waals surface area contributed by atoms with Gasteiger partial charge in [-0.2, -0.15) is 0 Å². The lowest BCUT2D eigenvalue weighted by atomic mass is 10.1. The highest BCUT2D eigenvalue weighted by atomic mass is 16.4. The molecule has 4 heteroatoms. The number of hydrogen-bond acceptors (Lipinski definition) is 3. The molecule has 0 saturated heterocycles. The Morgan fingerprint density at radius 1 is 1.53 bits per heavy atom. The van der Waals surface area contributed by atoms with Crippen molar-refractivity contribution in [3.63, 3.8) is 0 Å². The fraction of sp³-hybridized carbons (Fsp3) is 0.462. The van der Waals surface area contributed by atoms with Crippen LogP contribution >= 0.6 is 0 Å². The van der Waals surface area contributed by atoms with E-state index in [0.29, 0.717) is 6.42 Å². The van der Waals surface area contributed by atoms with Crippen LogP contribution in [0.3, 0.4) is 0 Å². The summed E-state index contributed by atoms with van der Waals surface area (Å²) in [6, 6.07) is 5.24. The van der Waals surface area contributed by atoms with Crippen LogP contribution in [-0.2, 0) is 17.8 Å². The van der Waals surface area contributed by atoms with Gasteiger partial charge in [-0.1, -0.05) is 19.1 Å². The van der Waals surface area contributed by atoms with Gasteiger partial charge in [-0.15, -0.1) is 0 Å². The molecular formula is C13H17NO3. The molecular weight excluding hydrogens is 218 g/mol. The number of rotatable bonds is 4. The Labute approximate surface area is 100 Å². The lowest BCUT2D eigenvalue weighted by molar-refractivity contribution is -0.138. The molecule has 0 bridgehead atoms. The van der Waals surface area contributed by atoms with Gasteiger partial charge in [0.1, 0.15) is 6.04 Å². The van der Waals surface area contributed by atoms with Crippen LogP contribution in [0.5, 0.6) is 0 Å². The Morgan fingerprint density at radius 2 is 2.29 bits per heavy atom. The second-order valence-electron chi connectivity index (χ2n) is 4.28. The summed E-state index contributed by atoms with van der Waals surface area (Å²) in [4.78, 5) is 13.1. The van der Waals surface area contributed by atoms with Crippen LogP contribution in [0.1, 0.15) is 24.5 Å². The number of anilines is 1. The first-order chi connectivity index (χ1) is 8.19. The van der Waals surface area contributed by atoms with Gasteiger partial charge in [-0.05, 0) is 30.0 Å². The molecule has 2 rings (SSSR count). The van der Waals surface area contributed by atoms with E-state index < -0.39 is 12.0 Å². The Kier molecular flexibility index (Phi) is 3.33. The molecule has 1 aromatic rings. The normalized spacial score (nSPS) is 15.8. The van der Waals surface area contributed by atoms with E-state index in [1.54, 1.807) is 0 Å². The highest BCUT2D eigenvalue weighted by Crippen LogP contribution is 2.32. The Bertz CT molecular complexity index is 431. The van der Waals surface area contributed by atoms with Crippen molar-refractivity contribution in [3.8, 4) is 0 Å². The minimum Gasteiger partial charge on any atom is -0.480 e. The summed E-state index contributed by atoms with van der Waals surface area (Å²) < 4.78 is 0. The number of aliphatic hydroxyl groups excluding tert-OH is 1. The summed E-state index contributed by atoms with van der Waals surface area (Å²) in [5.41, 5.74) is 2.96. The molecule has 0 unspecified atom stereocenters. The summed E-state index contributed by atoms with van der Waals surface area (Å²) in [5, 5.41) is 18.5. The van der Waals surface area contributed by atoms with Gasteiger partial charge in [0.15, 0.2) is 0 Å². The third-order valence-electron chi connectivity index (χ3n) is 3.38. The molecule has 0 amide bonds. The van der Waals surface area contributed by atoms with E-state index in [-0.39, 0.29) is 6.61 Å². The molecule has 0 aliphatic carbocycles. The highest BCUT2D eigenvalue weighted by molar-refractivity contribution is 5.80. The number of carbonyl (C=O) groups is 1. The van der Waals surface area contributed by atoms with Gasteiger partial charge in [-0.3, -0.25) is 0 Å². The van der Waals surface area contributed by atoms with Gasteiger partial charge in [0, 0.05) is 12.2 Å². The summed E-state index contributed by atoms with van der Waals surface area (Å²) in [7, 11) is 0. The topological polar surface area (TPSA) is 60.8 Å². The zero-order valence-corrected chi connectivity index (χ0v) is 9.89.